The molecule has 0 saturated carbocycles. The molecule has 22 heavy (non-hydrogen) atoms. The number of anilines is 1. The summed E-state index contributed by atoms with van der Waals surface area (Å²) in [5.41, 5.74) is 7.11. The fourth-order valence-electron chi connectivity index (χ4n) is 1.96. The third-order valence-corrected chi connectivity index (χ3v) is 3.22. The first-order chi connectivity index (χ1) is 10.6. The minimum atomic E-state index is 0.0217. The number of rotatable bonds is 4. The molecule has 0 fully saturated rings. The minimum absolute atomic E-state index is 0.0217. The summed E-state index contributed by atoms with van der Waals surface area (Å²) in [4.78, 5) is 3.87. The fraction of sp³-hybridized carbons (Fsp3) is 0.0625. The number of nitrogens with two attached hydrogens (primary N) is 1. The molecule has 0 unspecified atom stereocenters. The Labute approximate surface area is 133 Å². The molecule has 0 radical (unpaired) electrons. The lowest BCUT2D eigenvalue weighted by atomic mass is 9.97. The minimum Gasteiger partial charge on any atom is -0.759 e. The number of benzene rings is 1. The molecule has 1 aromatic heterocycles. The summed E-state index contributed by atoms with van der Waals surface area (Å²) >= 11 is 5.06. The lowest BCUT2D eigenvalue weighted by Crippen LogP contribution is -2.03. The van der Waals surface area contributed by atoms with Gasteiger partial charge in [0.25, 0.3) is 0 Å². The molecule has 2 aromatic rings. The van der Waals surface area contributed by atoms with E-state index >= 15 is 0 Å². The third kappa shape index (κ3) is 2.83. The maximum Gasteiger partial charge on any atom is 0.140 e. The Morgan fingerprint density at radius 1 is 1.23 bits per heavy atom. The van der Waals surface area contributed by atoms with Crippen LogP contribution < -0.4 is 10.5 Å². The summed E-state index contributed by atoms with van der Waals surface area (Å²) in [6.07, 6.45) is 1.64. The van der Waals surface area contributed by atoms with Crippen molar-refractivity contribution >= 4 is 18.4 Å². The van der Waals surface area contributed by atoms with E-state index in [-0.39, 0.29) is 22.0 Å². The molecule has 0 aliphatic rings. The second kappa shape index (κ2) is 6.57. The van der Waals surface area contributed by atoms with Gasteiger partial charge in [-0.15, -0.1) is 0 Å². The van der Waals surface area contributed by atoms with Crippen molar-refractivity contribution in [3.05, 3.63) is 48.0 Å². The van der Waals surface area contributed by atoms with E-state index in [0.717, 1.165) is 0 Å². The van der Waals surface area contributed by atoms with Crippen LogP contribution in [0.1, 0.15) is 11.1 Å². The molecule has 0 atom stereocenters. The van der Waals surface area contributed by atoms with Gasteiger partial charge in [0.2, 0.25) is 0 Å². The normalized spacial score (nSPS) is 9.55. The van der Waals surface area contributed by atoms with E-state index in [1.54, 1.807) is 30.3 Å². The van der Waals surface area contributed by atoms with Gasteiger partial charge in [0.05, 0.1) is 11.6 Å². The van der Waals surface area contributed by atoms with Crippen molar-refractivity contribution in [2.24, 2.45) is 0 Å². The summed E-state index contributed by atoms with van der Waals surface area (Å²) in [6, 6.07) is 10.9. The van der Waals surface area contributed by atoms with Gasteiger partial charge in [-0.25, -0.2) is 0 Å². The molecule has 5 nitrogen and oxygen atoms in total. The van der Waals surface area contributed by atoms with Gasteiger partial charge in [-0.3, -0.25) is 4.98 Å². The lowest BCUT2D eigenvalue weighted by molar-refractivity contribution is 0.363. The molecule has 6 heteroatoms. The van der Waals surface area contributed by atoms with E-state index < -0.39 is 0 Å². The zero-order chi connectivity index (χ0) is 16.1. The Morgan fingerprint density at radius 2 is 1.86 bits per heavy atom. The van der Waals surface area contributed by atoms with Gasteiger partial charge in [-0.1, -0.05) is 29.8 Å². The maximum atomic E-state index is 9.30. The number of nitrogens with zero attached hydrogens (tertiary/aromatic N) is 3. The van der Waals surface area contributed by atoms with E-state index in [4.69, 9.17) is 23.1 Å². The van der Waals surface area contributed by atoms with Gasteiger partial charge in [0.1, 0.15) is 29.8 Å². The van der Waals surface area contributed by atoms with Crippen LogP contribution in [0.25, 0.3) is 11.1 Å². The van der Waals surface area contributed by atoms with Crippen LogP contribution in [0.15, 0.2) is 41.9 Å². The van der Waals surface area contributed by atoms with Crippen LogP contribution >= 0.6 is 0 Å². The average molecular weight is 307 g/mol. The molecule has 0 aliphatic carbocycles. The zero-order valence-electron chi connectivity index (χ0n) is 11.5. The summed E-state index contributed by atoms with van der Waals surface area (Å²) in [7, 11) is 0. The van der Waals surface area contributed by atoms with Gasteiger partial charge in [-0.05, 0) is 17.7 Å². The largest absolute Gasteiger partial charge is 0.759 e. The number of aromatic nitrogens is 1. The van der Waals surface area contributed by atoms with Crippen molar-refractivity contribution in [2.75, 3.05) is 12.3 Å². The van der Waals surface area contributed by atoms with Gasteiger partial charge in [0, 0.05) is 5.56 Å². The van der Waals surface area contributed by atoms with E-state index in [0.29, 0.717) is 23.5 Å². The van der Waals surface area contributed by atoms with Crippen LogP contribution in [-0.4, -0.2) is 11.6 Å². The molecule has 2 rings (SSSR count). The van der Waals surface area contributed by atoms with E-state index in [1.165, 1.54) is 0 Å². The summed E-state index contributed by atoms with van der Waals surface area (Å²) < 4.78 is 5.40. The van der Waals surface area contributed by atoms with Crippen molar-refractivity contribution in [1.29, 1.82) is 10.5 Å². The van der Waals surface area contributed by atoms with Crippen LogP contribution in [0.2, 0.25) is 0 Å². The number of nitrogen functional groups attached to an aromatic ring is 1. The van der Waals surface area contributed by atoms with Crippen molar-refractivity contribution < 1.29 is 4.74 Å². The highest BCUT2D eigenvalue weighted by molar-refractivity contribution is 7.58. The Kier molecular flexibility index (Phi) is 4.57. The molecule has 0 amide bonds. The predicted octanol–water partition coefficient (Wildman–Crippen LogP) is 2.54. The Hall–Kier alpha value is -3.09. The van der Waals surface area contributed by atoms with Gasteiger partial charge in [-0.2, -0.15) is 10.5 Å². The molecule has 108 valence electrons. The Bertz CT molecular complexity index is 763. The Morgan fingerprint density at radius 3 is 2.41 bits per heavy atom. The highest BCUT2D eigenvalue weighted by atomic mass is 32.1. The predicted molar refractivity (Wildman–Crippen MR) is 84.8 cm³/mol. The second-order valence-corrected chi connectivity index (χ2v) is 4.66. The SMILES string of the molecule is C=CCOc1ccc(-c2c(C#N)c(N)nc([S-])c2C#N)cc1. The summed E-state index contributed by atoms with van der Waals surface area (Å²) in [5, 5.41) is 18.7. The summed E-state index contributed by atoms with van der Waals surface area (Å²) in [5.74, 6) is 0.676. The van der Waals surface area contributed by atoms with Crippen LogP contribution in [0, 0.1) is 22.7 Å². The van der Waals surface area contributed by atoms with E-state index in [2.05, 4.69) is 11.6 Å². The second-order valence-electron chi connectivity index (χ2n) is 4.27. The van der Waals surface area contributed by atoms with Crippen molar-refractivity contribution in [3.8, 4) is 29.0 Å². The van der Waals surface area contributed by atoms with Crippen LogP contribution in [0.3, 0.4) is 0 Å². The quantitative estimate of drug-likeness (QED) is 0.689. The first-order valence-corrected chi connectivity index (χ1v) is 6.68. The molecule has 0 spiro atoms. The molecule has 0 saturated heterocycles. The van der Waals surface area contributed by atoms with Crippen molar-refractivity contribution in [2.45, 2.75) is 5.03 Å². The standard InChI is InChI=1S/C16H12N4OS/c1-2-7-21-11-5-3-10(4-6-11)14-12(8-17)15(19)20-16(22)13(14)9-18/h2-6H,1,7H2,(H3,19,20,22)/p-1. The first kappa shape index (κ1) is 15.3. The average Bonchev–Trinajstić information content (AvgIpc) is 2.53. The number of hydrogen-bond acceptors (Lipinski definition) is 6. The number of ether oxygens (including phenoxy) is 1. The fourth-order valence-corrected chi connectivity index (χ4v) is 2.21. The van der Waals surface area contributed by atoms with Crippen LogP contribution in [0.5, 0.6) is 5.75 Å². The molecular formula is C16H11N4OS-. The van der Waals surface area contributed by atoms with Gasteiger partial charge < -0.3 is 23.1 Å². The van der Waals surface area contributed by atoms with Crippen molar-refractivity contribution in [1.82, 2.24) is 4.98 Å². The van der Waals surface area contributed by atoms with Crippen molar-refractivity contribution in [3.63, 3.8) is 0 Å². The number of pyridine rings is 1. The maximum absolute atomic E-state index is 9.30. The molecule has 0 bridgehead atoms. The molecule has 0 aliphatic heterocycles. The highest BCUT2D eigenvalue weighted by Crippen LogP contribution is 2.32. The molecule has 2 N–H and O–H groups in total. The topological polar surface area (TPSA) is 95.7 Å². The Balaban J connectivity index is 2.59. The number of hydrogen-bond donors (Lipinski definition) is 1. The monoisotopic (exact) mass is 307 g/mol. The van der Waals surface area contributed by atoms with Crippen LogP contribution in [0.4, 0.5) is 5.82 Å². The summed E-state index contributed by atoms with van der Waals surface area (Å²) in [6.45, 7) is 3.97. The van der Waals surface area contributed by atoms with Gasteiger partial charge in [0.15, 0.2) is 0 Å². The number of nitriles is 2. The highest BCUT2D eigenvalue weighted by Gasteiger charge is 2.15. The zero-order valence-corrected chi connectivity index (χ0v) is 12.4. The smallest absolute Gasteiger partial charge is 0.140 e. The first-order valence-electron chi connectivity index (χ1n) is 6.27. The van der Waals surface area contributed by atoms with Gasteiger partial charge >= 0.3 is 0 Å². The van der Waals surface area contributed by atoms with Crippen LogP contribution in [-0.2, 0) is 12.6 Å². The molecular weight excluding hydrogens is 296 g/mol. The van der Waals surface area contributed by atoms with E-state index in [1.807, 2.05) is 12.1 Å². The molecule has 1 heterocycles. The lowest BCUT2D eigenvalue weighted by Gasteiger charge is -2.16. The van der Waals surface area contributed by atoms with E-state index in [9.17, 15) is 10.5 Å². The molecule has 1 aromatic carbocycles. The third-order valence-electron chi connectivity index (χ3n) is 2.93.